The zero-order valence-electron chi connectivity index (χ0n) is 16.8. The van der Waals surface area contributed by atoms with Crippen molar-refractivity contribution in [3.05, 3.63) is 71.1 Å². The van der Waals surface area contributed by atoms with E-state index in [9.17, 15) is 4.79 Å². The van der Waals surface area contributed by atoms with Gasteiger partial charge in [-0.3, -0.25) is 4.79 Å². The quantitative estimate of drug-likeness (QED) is 0.517. The monoisotopic (exact) mass is 391 g/mol. The van der Waals surface area contributed by atoms with Gasteiger partial charge in [-0.2, -0.15) is 0 Å². The molecule has 0 amide bonds. The predicted octanol–water partition coefficient (Wildman–Crippen LogP) is 5.21. The van der Waals surface area contributed by atoms with Gasteiger partial charge in [0, 0.05) is 5.56 Å². The van der Waals surface area contributed by atoms with Gasteiger partial charge in [0.15, 0.2) is 0 Å². The number of carbonyl (C=O) groups excluding carboxylic acids is 1. The van der Waals surface area contributed by atoms with E-state index in [0.29, 0.717) is 25.5 Å². The lowest BCUT2D eigenvalue weighted by Crippen LogP contribution is -2.08. The molecule has 29 heavy (non-hydrogen) atoms. The molecule has 0 saturated heterocycles. The van der Waals surface area contributed by atoms with Crippen molar-refractivity contribution in [3.63, 3.8) is 0 Å². The smallest absolute Gasteiger partial charge is 0.306 e. The Morgan fingerprint density at radius 1 is 1.21 bits per heavy atom. The van der Waals surface area contributed by atoms with Crippen LogP contribution < -0.4 is 4.74 Å². The van der Waals surface area contributed by atoms with Gasteiger partial charge in [-0.15, -0.1) is 0 Å². The summed E-state index contributed by atoms with van der Waals surface area (Å²) in [6.45, 7) is 4.52. The molecule has 0 fully saturated rings. The molecule has 5 nitrogen and oxygen atoms in total. The third-order valence-corrected chi connectivity index (χ3v) is 5.32. The van der Waals surface area contributed by atoms with Crippen molar-refractivity contribution in [1.29, 1.82) is 0 Å². The van der Waals surface area contributed by atoms with Gasteiger partial charge in [-0.1, -0.05) is 24.3 Å². The van der Waals surface area contributed by atoms with E-state index in [0.717, 1.165) is 35.6 Å². The zero-order valence-corrected chi connectivity index (χ0v) is 16.8. The summed E-state index contributed by atoms with van der Waals surface area (Å²) in [7, 11) is 0. The van der Waals surface area contributed by atoms with E-state index in [1.54, 1.807) is 0 Å². The van der Waals surface area contributed by atoms with Crippen molar-refractivity contribution in [2.45, 2.75) is 45.6 Å². The summed E-state index contributed by atoms with van der Waals surface area (Å²) in [6.07, 6.45) is 2.37. The molecule has 1 aromatic heterocycles. The second-order valence-corrected chi connectivity index (χ2v) is 7.28. The number of benzene rings is 2. The molecule has 150 valence electrons. The average Bonchev–Trinajstić information content (AvgIpc) is 3.30. The normalized spacial score (nSPS) is 15.2. The molecule has 1 aliphatic rings. The fourth-order valence-corrected chi connectivity index (χ4v) is 3.82. The number of ether oxygens (including phenoxy) is 2. The number of hydrogen-bond donors (Lipinski definition) is 0. The summed E-state index contributed by atoms with van der Waals surface area (Å²) in [4.78, 5) is 16.4. The molecule has 0 unspecified atom stereocenters. The maximum Gasteiger partial charge on any atom is 0.306 e. The van der Waals surface area contributed by atoms with Gasteiger partial charge in [0.25, 0.3) is 0 Å². The summed E-state index contributed by atoms with van der Waals surface area (Å²) in [5.74, 6) is 2.30. The first-order chi connectivity index (χ1) is 14.1. The van der Waals surface area contributed by atoms with E-state index < -0.39 is 0 Å². The standard InChI is InChI=1S/C24H25NO4/c1-3-27-23(26)14-19-10-9-18-13-20(11-12-21(18)19)28-15-22-16(2)29-24(25-22)17-7-5-4-6-8-17/h4-8,11-13,19H,3,9-10,14-15H2,1-2H3/t19-/m0/s1. The molecule has 3 aromatic rings. The number of carbonyl (C=O) groups is 1. The first kappa shape index (κ1) is 19.2. The molecule has 0 bridgehead atoms. The Labute approximate surface area is 170 Å². The van der Waals surface area contributed by atoms with Crippen molar-refractivity contribution < 1.29 is 18.7 Å². The molecular weight excluding hydrogens is 366 g/mol. The minimum atomic E-state index is -0.124. The van der Waals surface area contributed by atoms with E-state index in [2.05, 4.69) is 17.1 Å². The highest BCUT2D eigenvalue weighted by Gasteiger charge is 2.25. The molecule has 1 atom stereocenters. The van der Waals surface area contributed by atoms with Crippen LogP contribution in [0.3, 0.4) is 0 Å². The van der Waals surface area contributed by atoms with Crippen LogP contribution in [0.1, 0.15) is 48.3 Å². The van der Waals surface area contributed by atoms with Gasteiger partial charge >= 0.3 is 5.97 Å². The fourth-order valence-electron chi connectivity index (χ4n) is 3.82. The van der Waals surface area contributed by atoms with Crippen molar-refractivity contribution in [2.24, 2.45) is 0 Å². The van der Waals surface area contributed by atoms with E-state index in [1.165, 1.54) is 11.1 Å². The Balaban J connectivity index is 1.42. The van der Waals surface area contributed by atoms with Crippen LogP contribution >= 0.6 is 0 Å². The minimum absolute atomic E-state index is 0.124. The van der Waals surface area contributed by atoms with E-state index in [-0.39, 0.29) is 11.9 Å². The van der Waals surface area contributed by atoms with Crippen LogP contribution in [0.4, 0.5) is 0 Å². The Hall–Kier alpha value is -3.08. The third-order valence-electron chi connectivity index (χ3n) is 5.32. The molecular formula is C24H25NO4. The van der Waals surface area contributed by atoms with Gasteiger partial charge in [-0.25, -0.2) is 4.98 Å². The Kier molecular flexibility index (Phi) is 5.65. The zero-order chi connectivity index (χ0) is 20.2. The molecule has 0 spiro atoms. The lowest BCUT2D eigenvalue weighted by atomic mass is 9.98. The fraction of sp³-hybridized carbons (Fsp3) is 0.333. The Bertz CT molecular complexity index is 993. The van der Waals surface area contributed by atoms with E-state index in [4.69, 9.17) is 13.9 Å². The molecule has 5 heteroatoms. The maximum absolute atomic E-state index is 11.8. The number of esters is 1. The van der Waals surface area contributed by atoms with Crippen LogP contribution in [0.2, 0.25) is 0 Å². The van der Waals surface area contributed by atoms with Crippen molar-refractivity contribution >= 4 is 5.97 Å². The van der Waals surface area contributed by atoms with Crippen molar-refractivity contribution in [1.82, 2.24) is 4.98 Å². The van der Waals surface area contributed by atoms with Crippen molar-refractivity contribution in [3.8, 4) is 17.2 Å². The van der Waals surface area contributed by atoms with Gasteiger partial charge in [0.2, 0.25) is 5.89 Å². The number of rotatable bonds is 7. The number of aryl methyl sites for hydroxylation is 2. The van der Waals surface area contributed by atoms with Crippen LogP contribution in [0.25, 0.3) is 11.5 Å². The number of nitrogens with zero attached hydrogens (tertiary/aromatic N) is 1. The lowest BCUT2D eigenvalue weighted by Gasteiger charge is -2.12. The topological polar surface area (TPSA) is 61.6 Å². The summed E-state index contributed by atoms with van der Waals surface area (Å²) in [5, 5.41) is 0. The highest BCUT2D eigenvalue weighted by molar-refractivity contribution is 5.71. The maximum atomic E-state index is 11.8. The highest BCUT2D eigenvalue weighted by atomic mass is 16.5. The molecule has 0 saturated carbocycles. The Morgan fingerprint density at radius 3 is 2.83 bits per heavy atom. The van der Waals surface area contributed by atoms with Crippen LogP contribution in [0.5, 0.6) is 5.75 Å². The summed E-state index contributed by atoms with van der Waals surface area (Å²) in [5.41, 5.74) is 4.23. The number of aromatic nitrogens is 1. The van der Waals surface area contributed by atoms with E-state index in [1.807, 2.05) is 50.2 Å². The first-order valence-electron chi connectivity index (χ1n) is 10.1. The average molecular weight is 391 g/mol. The predicted molar refractivity (Wildman–Crippen MR) is 110 cm³/mol. The second kappa shape index (κ2) is 8.52. The SMILES string of the molecule is CCOC(=O)C[C@@H]1CCc2cc(OCc3nc(-c4ccccc4)oc3C)ccc21. The molecule has 0 radical (unpaired) electrons. The summed E-state index contributed by atoms with van der Waals surface area (Å²) < 4.78 is 16.9. The molecule has 1 aliphatic carbocycles. The highest BCUT2D eigenvalue weighted by Crippen LogP contribution is 2.37. The van der Waals surface area contributed by atoms with Crippen LogP contribution in [-0.4, -0.2) is 17.6 Å². The lowest BCUT2D eigenvalue weighted by molar-refractivity contribution is -0.143. The molecule has 4 rings (SSSR count). The van der Waals surface area contributed by atoms with E-state index >= 15 is 0 Å². The van der Waals surface area contributed by atoms with Gasteiger partial charge < -0.3 is 13.9 Å². The number of oxazole rings is 1. The molecule has 0 N–H and O–H groups in total. The summed E-state index contributed by atoms with van der Waals surface area (Å²) in [6, 6.07) is 16.0. The van der Waals surface area contributed by atoms with Crippen LogP contribution in [0, 0.1) is 6.92 Å². The molecule has 1 heterocycles. The molecule has 0 aliphatic heterocycles. The van der Waals surface area contributed by atoms with Crippen LogP contribution in [0.15, 0.2) is 52.9 Å². The van der Waals surface area contributed by atoms with Crippen molar-refractivity contribution in [2.75, 3.05) is 6.61 Å². The third kappa shape index (κ3) is 4.34. The number of hydrogen-bond acceptors (Lipinski definition) is 5. The Morgan fingerprint density at radius 2 is 2.03 bits per heavy atom. The number of fused-ring (bicyclic) bond motifs is 1. The van der Waals surface area contributed by atoms with Gasteiger partial charge in [-0.05, 0) is 68.0 Å². The summed E-state index contributed by atoms with van der Waals surface area (Å²) >= 11 is 0. The minimum Gasteiger partial charge on any atom is -0.487 e. The van der Waals surface area contributed by atoms with Gasteiger partial charge in [0.05, 0.1) is 13.0 Å². The van der Waals surface area contributed by atoms with Gasteiger partial charge in [0.1, 0.15) is 23.8 Å². The second-order valence-electron chi connectivity index (χ2n) is 7.28. The molecule has 2 aromatic carbocycles. The van der Waals surface area contributed by atoms with Crippen LogP contribution in [-0.2, 0) is 22.6 Å². The largest absolute Gasteiger partial charge is 0.487 e. The first-order valence-corrected chi connectivity index (χ1v) is 10.1.